The molecule has 1 rings (SSSR count). The van der Waals surface area contributed by atoms with E-state index in [1.807, 2.05) is 0 Å². The molecule has 5 nitrogen and oxygen atoms in total. The largest absolute Gasteiger partial charge is 0.512 e. The predicted octanol–water partition coefficient (Wildman–Crippen LogP) is 3.12. The first-order chi connectivity index (χ1) is 8.15. The van der Waals surface area contributed by atoms with Crippen LogP contribution in [-0.2, 0) is 6.42 Å². The van der Waals surface area contributed by atoms with Crippen LogP contribution >= 0.6 is 0 Å². The van der Waals surface area contributed by atoms with Crippen molar-refractivity contribution in [1.29, 1.82) is 0 Å². The van der Waals surface area contributed by atoms with Crippen molar-refractivity contribution >= 4 is 6.16 Å². The van der Waals surface area contributed by atoms with Gasteiger partial charge in [-0.25, -0.2) is 9.89 Å². The molecule has 0 spiro atoms. The van der Waals surface area contributed by atoms with E-state index in [1.54, 1.807) is 0 Å². The maximum atomic E-state index is 13.5. The van der Waals surface area contributed by atoms with Crippen LogP contribution in [0.3, 0.4) is 0 Å². The van der Waals surface area contributed by atoms with E-state index in [0.717, 1.165) is 25.7 Å². The third-order valence-corrected chi connectivity index (χ3v) is 2.45. The van der Waals surface area contributed by atoms with E-state index in [0.29, 0.717) is 6.42 Å². The molecule has 0 unspecified atom stereocenters. The van der Waals surface area contributed by atoms with Gasteiger partial charge < -0.3 is 9.84 Å². The van der Waals surface area contributed by atoms with Gasteiger partial charge in [0, 0.05) is 0 Å². The molecule has 0 fully saturated rings. The minimum Gasteiger partial charge on any atom is -0.449 e. The van der Waals surface area contributed by atoms with Crippen LogP contribution in [0.1, 0.15) is 44.7 Å². The summed E-state index contributed by atoms with van der Waals surface area (Å²) in [6.07, 6.45) is 4.27. The zero-order chi connectivity index (χ0) is 12.7. The number of aryl methyl sites for hydroxylation is 1. The normalized spacial score (nSPS) is 10.5. The van der Waals surface area contributed by atoms with Crippen molar-refractivity contribution in [2.75, 3.05) is 0 Å². The highest BCUT2D eigenvalue weighted by Gasteiger charge is 2.16. The monoisotopic (exact) mass is 244 g/mol. The van der Waals surface area contributed by atoms with Gasteiger partial charge >= 0.3 is 6.16 Å². The number of unbranched alkanes of at least 4 members (excludes halogenated alkanes) is 4. The van der Waals surface area contributed by atoms with E-state index in [9.17, 15) is 9.18 Å². The maximum Gasteiger partial charge on any atom is 0.512 e. The zero-order valence-electron chi connectivity index (χ0n) is 9.83. The van der Waals surface area contributed by atoms with Crippen molar-refractivity contribution < 1.29 is 19.0 Å². The summed E-state index contributed by atoms with van der Waals surface area (Å²) >= 11 is 0. The van der Waals surface area contributed by atoms with Crippen molar-refractivity contribution in [2.45, 2.75) is 45.4 Å². The van der Waals surface area contributed by atoms with E-state index in [-0.39, 0.29) is 5.69 Å². The molecule has 0 bridgehead atoms. The molecule has 6 heteroatoms. The van der Waals surface area contributed by atoms with Crippen LogP contribution in [-0.4, -0.2) is 21.5 Å². The van der Waals surface area contributed by atoms with Crippen LogP contribution in [0.25, 0.3) is 0 Å². The average Bonchev–Trinajstić information content (AvgIpc) is 2.60. The van der Waals surface area contributed by atoms with E-state index < -0.39 is 17.9 Å². The third kappa shape index (κ3) is 4.42. The molecule has 2 N–H and O–H groups in total. The number of rotatable bonds is 7. The van der Waals surface area contributed by atoms with Crippen molar-refractivity contribution in [1.82, 2.24) is 10.2 Å². The predicted molar refractivity (Wildman–Crippen MR) is 59.7 cm³/mol. The van der Waals surface area contributed by atoms with Gasteiger partial charge in [-0.1, -0.05) is 32.6 Å². The van der Waals surface area contributed by atoms with E-state index >= 15 is 0 Å². The van der Waals surface area contributed by atoms with E-state index in [4.69, 9.17) is 5.11 Å². The number of nitrogens with one attached hydrogen (secondary N) is 1. The van der Waals surface area contributed by atoms with Crippen LogP contribution < -0.4 is 4.74 Å². The van der Waals surface area contributed by atoms with Gasteiger partial charge in [0.2, 0.25) is 5.82 Å². The van der Waals surface area contributed by atoms with E-state index in [2.05, 4.69) is 21.9 Å². The number of hydrogen-bond acceptors (Lipinski definition) is 3. The summed E-state index contributed by atoms with van der Waals surface area (Å²) in [5.74, 6) is -1.14. The summed E-state index contributed by atoms with van der Waals surface area (Å²) in [7, 11) is 0. The Morgan fingerprint density at radius 1 is 1.41 bits per heavy atom. The standard InChI is InChI=1S/C11H17FN2O3/c1-2-3-4-5-6-7-8-9(12)10(14-13-8)17-11(15)16/h2-7H2,1H3,(H,13,14)(H,15,16). The van der Waals surface area contributed by atoms with Gasteiger partial charge in [-0.15, -0.1) is 0 Å². The van der Waals surface area contributed by atoms with Crippen LogP contribution in [0.15, 0.2) is 0 Å². The molecule has 0 radical (unpaired) electrons. The molecule has 0 aromatic carbocycles. The molecule has 0 aliphatic carbocycles. The lowest BCUT2D eigenvalue weighted by molar-refractivity contribution is 0.140. The molecule has 0 amide bonds. The second-order valence-corrected chi connectivity index (χ2v) is 3.85. The van der Waals surface area contributed by atoms with Crippen molar-refractivity contribution in [3.8, 4) is 5.88 Å². The second kappa shape index (κ2) is 6.88. The van der Waals surface area contributed by atoms with Gasteiger partial charge in [0.15, 0.2) is 0 Å². The van der Waals surface area contributed by atoms with Gasteiger partial charge in [0.1, 0.15) is 5.69 Å². The van der Waals surface area contributed by atoms with Gasteiger partial charge in [-0.2, -0.15) is 9.49 Å². The molecule has 0 atom stereocenters. The van der Waals surface area contributed by atoms with E-state index in [1.165, 1.54) is 6.42 Å². The quantitative estimate of drug-likeness (QED) is 0.570. The number of aromatic amines is 1. The molecular formula is C11H17FN2O3. The Morgan fingerprint density at radius 3 is 2.76 bits per heavy atom. The topological polar surface area (TPSA) is 75.2 Å². The lowest BCUT2D eigenvalue weighted by atomic mass is 10.1. The molecule has 96 valence electrons. The minimum atomic E-state index is -1.55. The zero-order valence-corrected chi connectivity index (χ0v) is 9.83. The summed E-state index contributed by atoms with van der Waals surface area (Å²) < 4.78 is 17.7. The van der Waals surface area contributed by atoms with Crippen LogP contribution in [0.5, 0.6) is 5.88 Å². The number of ether oxygens (including phenoxy) is 1. The summed E-state index contributed by atoms with van der Waals surface area (Å²) in [6.45, 7) is 2.13. The fourth-order valence-electron chi connectivity index (χ4n) is 1.56. The average molecular weight is 244 g/mol. The van der Waals surface area contributed by atoms with Crippen molar-refractivity contribution in [3.05, 3.63) is 11.5 Å². The van der Waals surface area contributed by atoms with Crippen molar-refractivity contribution in [3.63, 3.8) is 0 Å². The minimum absolute atomic E-state index is 0.234. The fraction of sp³-hybridized carbons (Fsp3) is 0.636. The van der Waals surface area contributed by atoms with Crippen LogP contribution in [0.2, 0.25) is 0 Å². The summed E-state index contributed by atoms with van der Waals surface area (Å²) in [4.78, 5) is 10.2. The first kappa shape index (κ1) is 13.5. The number of carbonyl (C=O) groups is 1. The Morgan fingerprint density at radius 2 is 2.12 bits per heavy atom. The molecule has 17 heavy (non-hydrogen) atoms. The first-order valence-corrected chi connectivity index (χ1v) is 5.78. The Bertz CT molecular complexity index is 366. The summed E-state index contributed by atoms with van der Waals surface area (Å²) in [5, 5.41) is 14.3. The summed E-state index contributed by atoms with van der Waals surface area (Å²) in [5.41, 5.74) is 0.234. The summed E-state index contributed by atoms with van der Waals surface area (Å²) in [6, 6.07) is 0. The lowest BCUT2D eigenvalue weighted by Crippen LogP contribution is -2.04. The Balaban J connectivity index is 2.38. The SMILES string of the molecule is CCCCCCCc1n[nH]c(OC(=O)O)c1F. The van der Waals surface area contributed by atoms with Gasteiger partial charge in [-0.3, -0.25) is 0 Å². The highest BCUT2D eigenvalue weighted by atomic mass is 19.1. The van der Waals surface area contributed by atoms with Crippen LogP contribution in [0.4, 0.5) is 9.18 Å². The first-order valence-electron chi connectivity index (χ1n) is 5.78. The molecule has 1 heterocycles. The van der Waals surface area contributed by atoms with Crippen molar-refractivity contribution in [2.24, 2.45) is 0 Å². The highest BCUT2D eigenvalue weighted by Crippen LogP contribution is 2.18. The number of halogens is 1. The van der Waals surface area contributed by atoms with Crippen LogP contribution in [0, 0.1) is 5.82 Å². The Hall–Kier alpha value is -1.59. The fourth-order valence-corrected chi connectivity index (χ4v) is 1.56. The Kier molecular flexibility index (Phi) is 5.45. The van der Waals surface area contributed by atoms with Gasteiger partial charge in [0.05, 0.1) is 0 Å². The molecule has 0 aliphatic heterocycles. The molecule has 1 aromatic rings. The molecule has 0 saturated carbocycles. The molecule has 1 aromatic heterocycles. The smallest absolute Gasteiger partial charge is 0.449 e. The lowest BCUT2D eigenvalue weighted by Gasteiger charge is -1.98. The van der Waals surface area contributed by atoms with Gasteiger partial charge in [0.25, 0.3) is 5.88 Å². The number of nitrogens with zero attached hydrogens (tertiary/aromatic N) is 1. The third-order valence-electron chi connectivity index (χ3n) is 2.45. The maximum absolute atomic E-state index is 13.5. The highest BCUT2D eigenvalue weighted by molar-refractivity contribution is 5.60. The van der Waals surface area contributed by atoms with Gasteiger partial charge in [-0.05, 0) is 12.8 Å². The second-order valence-electron chi connectivity index (χ2n) is 3.85. The number of hydrogen-bond donors (Lipinski definition) is 2. The Labute approximate surface area is 99.0 Å². The molecule has 0 saturated heterocycles. The molecular weight excluding hydrogens is 227 g/mol. The number of aromatic nitrogens is 2. The molecule has 0 aliphatic rings. The number of H-pyrrole nitrogens is 1. The number of carboxylic acid groups (broad SMARTS) is 1.